The van der Waals surface area contributed by atoms with Crippen molar-refractivity contribution in [3.8, 4) is 0 Å². The Kier molecular flexibility index (Phi) is 34.2. The van der Waals surface area contributed by atoms with Crippen LogP contribution in [-0.4, -0.2) is 6.16 Å². The van der Waals surface area contributed by atoms with Crippen LogP contribution in [0.15, 0.2) is 0 Å². The summed E-state index contributed by atoms with van der Waals surface area (Å²) in [6, 6.07) is 0. The summed E-state index contributed by atoms with van der Waals surface area (Å²) >= 11 is 0. The summed E-state index contributed by atoms with van der Waals surface area (Å²) in [5.74, 6) is 0. The average molecular weight is 538 g/mol. The van der Waals surface area contributed by atoms with E-state index < -0.39 is 7.95 Å². The number of unbranched alkanes of at least 4 members (excludes halogenated alkanes) is 25. The number of rotatable bonds is 27. The van der Waals surface area contributed by atoms with Gasteiger partial charge < -0.3 is 0 Å². The van der Waals surface area contributed by atoms with E-state index in [-0.39, 0.29) is 17.0 Å². The van der Waals surface area contributed by atoms with Gasteiger partial charge in [0.05, 0.1) is 0 Å². The number of nitrogens with two attached hydrogens (primary N) is 1. The third-order valence-corrected chi connectivity index (χ3v) is 7.49. The topological polar surface area (TPSA) is 43.1 Å². The fourth-order valence-corrected chi connectivity index (χ4v) is 5.12. The molecule has 32 heavy (non-hydrogen) atoms. The van der Waals surface area contributed by atoms with Crippen molar-refractivity contribution in [3.63, 3.8) is 0 Å². The molecule has 2 N–H and O–H groups in total. The van der Waals surface area contributed by atoms with Gasteiger partial charge in [-0.2, -0.15) is 0 Å². The maximum absolute atomic E-state index is 10.8. The van der Waals surface area contributed by atoms with Crippen molar-refractivity contribution >= 4 is 24.9 Å². The zero-order chi connectivity index (χ0) is 22.7. The zero-order valence-electron chi connectivity index (χ0n) is 21.9. The Morgan fingerprint density at radius 2 is 0.594 bits per heavy atom. The Morgan fingerprint density at radius 1 is 0.406 bits per heavy atom. The van der Waals surface area contributed by atoms with Crippen LogP contribution in [0.1, 0.15) is 174 Å². The highest BCUT2D eigenvalue weighted by Gasteiger charge is 1.97. The molecular formula is C28H60BrNOP. The summed E-state index contributed by atoms with van der Waals surface area (Å²) < 4.78 is 10.8. The molecule has 1 radical (unpaired) electrons. The highest BCUT2D eigenvalue weighted by molar-refractivity contribution is 8.93. The highest BCUT2D eigenvalue weighted by Crippen LogP contribution is 2.17. The predicted molar refractivity (Wildman–Crippen MR) is 153 cm³/mol. The third-order valence-electron chi connectivity index (χ3n) is 6.73. The van der Waals surface area contributed by atoms with Crippen LogP contribution in [0.5, 0.6) is 0 Å². The van der Waals surface area contributed by atoms with Gasteiger partial charge in [-0.05, 0) is 6.42 Å². The van der Waals surface area contributed by atoms with Crippen molar-refractivity contribution < 1.29 is 4.57 Å². The van der Waals surface area contributed by atoms with Crippen LogP contribution in [0.2, 0.25) is 0 Å². The van der Waals surface area contributed by atoms with Gasteiger partial charge in [-0.1, -0.05) is 167 Å². The molecule has 0 bridgehead atoms. The summed E-state index contributed by atoms with van der Waals surface area (Å²) in [6.07, 6.45) is 37.6. The minimum Gasteiger partial charge on any atom is -0.270 e. The van der Waals surface area contributed by atoms with E-state index in [1.54, 1.807) is 0 Å². The Bertz CT molecular complexity index is 354. The maximum Gasteiger partial charge on any atom is 0.142 e. The Balaban J connectivity index is 0. The van der Waals surface area contributed by atoms with E-state index in [1.165, 1.54) is 161 Å². The zero-order valence-corrected chi connectivity index (χ0v) is 24.5. The molecule has 0 aliphatic carbocycles. The molecule has 0 saturated heterocycles. The lowest BCUT2D eigenvalue weighted by Gasteiger charge is -2.04. The molecule has 1 atom stereocenters. The second kappa shape index (κ2) is 31.5. The van der Waals surface area contributed by atoms with Crippen molar-refractivity contribution in [3.05, 3.63) is 0 Å². The van der Waals surface area contributed by atoms with E-state index in [1.807, 2.05) is 0 Å². The molecule has 0 rings (SSSR count). The SMILES string of the molecule is Br.CCCCCCCCCCCCCCCCCCCCCCCCCCCC[P](N)=O. The van der Waals surface area contributed by atoms with Gasteiger partial charge in [0.1, 0.15) is 7.95 Å². The predicted octanol–water partition coefficient (Wildman–Crippen LogP) is 11.4. The van der Waals surface area contributed by atoms with Crippen LogP contribution in [0.3, 0.4) is 0 Å². The minimum atomic E-state index is -1.40. The summed E-state index contributed by atoms with van der Waals surface area (Å²) in [5, 5.41) is 0. The van der Waals surface area contributed by atoms with Gasteiger partial charge in [0.15, 0.2) is 0 Å². The molecule has 0 aliphatic rings. The van der Waals surface area contributed by atoms with Crippen molar-refractivity contribution in [2.75, 3.05) is 6.16 Å². The first-order chi connectivity index (χ1) is 15.3. The molecule has 0 aliphatic heterocycles. The van der Waals surface area contributed by atoms with Crippen molar-refractivity contribution in [1.82, 2.24) is 0 Å². The fraction of sp³-hybridized carbons (Fsp3) is 1.00. The van der Waals surface area contributed by atoms with Crippen LogP contribution in [0.4, 0.5) is 0 Å². The summed E-state index contributed by atoms with van der Waals surface area (Å²) in [6.45, 7) is 2.30. The smallest absolute Gasteiger partial charge is 0.142 e. The molecule has 0 spiro atoms. The van der Waals surface area contributed by atoms with Gasteiger partial charge in [0, 0.05) is 6.16 Å². The van der Waals surface area contributed by atoms with E-state index in [0.29, 0.717) is 6.16 Å². The summed E-state index contributed by atoms with van der Waals surface area (Å²) in [5.41, 5.74) is 5.30. The Labute approximate surface area is 214 Å². The van der Waals surface area contributed by atoms with Gasteiger partial charge in [-0.3, -0.25) is 10.1 Å². The monoisotopic (exact) mass is 536 g/mol. The molecule has 195 valence electrons. The van der Waals surface area contributed by atoms with E-state index in [9.17, 15) is 4.57 Å². The van der Waals surface area contributed by atoms with Gasteiger partial charge in [-0.15, -0.1) is 17.0 Å². The molecule has 1 unspecified atom stereocenters. The van der Waals surface area contributed by atoms with E-state index >= 15 is 0 Å². The molecule has 0 fully saturated rings. The first kappa shape index (κ1) is 34.7. The quantitative estimate of drug-likeness (QED) is 0.0836. The lowest BCUT2D eigenvalue weighted by atomic mass is 10.0. The second-order valence-corrected chi connectivity index (χ2v) is 11.3. The molecule has 0 amide bonds. The van der Waals surface area contributed by atoms with Gasteiger partial charge in [0.2, 0.25) is 0 Å². The van der Waals surface area contributed by atoms with Gasteiger partial charge >= 0.3 is 0 Å². The van der Waals surface area contributed by atoms with Crippen molar-refractivity contribution in [2.24, 2.45) is 5.50 Å². The van der Waals surface area contributed by atoms with Crippen LogP contribution >= 0.6 is 24.9 Å². The van der Waals surface area contributed by atoms with Gasteiger partial charge in [0.25, 0.3) is 0 Å². The average Bonchev–Trinajstić information content (AvgIpc) is 2.76. The maximum atomic E-state index is 10.8. The molecule has 0 heterocycles. The van der Waals surface area contributed by atoms with Crippen molar-refractivity contribution in [2.45, 2.75) is 174 Å². The summed E-state index contributed by atoms with van der Waals surface area (Å²) in [7, 11) is -1.40. The second-order valence-electron chi connectivity index (χ2n) is 9.98. The Morgan fingerprint density at radius 3 is 0.781 bits per heavy atom. The fourth-order valence-electron chi connectivity index (χ4n) is 4.58. The van der Waals surface area contributed by atoms with E-state index in [0.717, 1.165) is 6.42 Å². The number of hydrogen-bond acceptors (Lipinski definition) is 1. The lowest BCUT2D eigenvalue weighted by molar-refractivity contribution is 0.516. The van der Waals surface area contributed by atoms with E-state index in [2.05, 4.69) is 6.92 Å². The van der Waals surface area contributed by atoms with Crippen LogP contribution in [-0.2, 0) is 4.57 Å². The summed E-state index contributed by atoms with van der Waals surface area (Å²) in [4.78, 5) is 0. The van der Waals surface area contributed by atoms with Crippen LogP contribution < -0.4 is 5.50 Å². The molecule has 0 saturated carbocycles. The molecule has 2 nitrogen and oxygen atoms in total. The molecule has 0 aromatic rings. The molecule has 4 heteroatoms. The molecular weight excluding hydrogens is 477 g/mol. The van der Waals surface area contributed by atoms with Gasteiger partial charge in [-0.25, -0.2) is 0 Å². The highest BCUT2D eigenvalue weighted by atomic mass is 79.9. The van der Waals surface area contributed by atoms with Crippen LogP contribution in [0.25, 0.3) is 0 Å². The first-order valence-electron chi connectivity index (χ1n) is 14.5. The Hall–Kier alpha value is 0.540. The molecule has 0 aromatic heterocycles. The van der Waals surface area contributed by atoms with Crippen LogP contribution in [0, 0.1) is 0 Å². The largest absolute Gasteiger partial charge is 0.270 e. The number of halogens is 1. The normalized spacial score (nSPS) is 11.5. The number of hydrogen-bond donors (Lipinski definition) is 1. The van der Waals surface area contributed by atoms with E-state index in [4.69, 9.17) is 5.50 Å². The van der Waals surface area contributed by atoms with Crippen molar-refractivity contribution in [1.29, 1.82) is 0 Å². The minimum absolute atomic E-state index is 0. The molecule has 0 aromatic carbocycles. The lowest BCUT2D eigenvalue weighted by Crippen LogP contribution is -1.87. The standard InChI is InChI=1S/C28H59NOP.BrH/c1-2-3-4-5-6-7-8-9-10-11-12-13-14-15-16-17-18-19-20-21-22-23-24-25-26-27-28-31(29)30;/h2-28H2,1H3,(H2,29,30);1H. The first-order valence-corrected chi connectivity index (χ1v) is 16.0. The third kappa shape index (κ3) is 32.7.